The van der Waals surface area contributed by atoms with Gasteiger partial charge in [-0.2, -0.15) is 0 Å². The van der Waals surface area contributed by atoms with Crippen LogP contribution in [0.1, 0.15) is 118 Å². The van der Waals surface area contributed by atoms with Crippen LogP contribution in [0.4, 0.5) is 0 Å². The summed E-state index contributed by atoms with van der Waals surface area (Å²) in [4.78, 5) is 0. The monoisotopic (exact) mass is 527 g/mol. The van der Waals surface area contributed by atoms with Crippen LogP contribution in [-0.4, -0.2) is 13.2 Å². The highest BCUT2D eigenvalue weighted by atomic mass is 31.1. The Morgan fingerprint density at radius 2 is 1.03 bits per heavy atom. The van der Waals surface area contributed by atoms with E-state index in [0.29, 0.717) is 13.2 Å². The molecule has 0 fully saturated rings. The molecule has 0 saturated heterocycles. The third kappa shape index (κ3) is 6.83. The molecule has 0 bridgehead atoms. The number of hydrogen-bond donors (Lipinski definition) is 1. The molecule has 1 aromatic heterocycles. The van der Waals surface area contributed by atoms with Crippen LogP contribution in [0, 0.1) is 0 Å². The highest BCUT2D eigenvalue weighted by molar-refractivity contribution is 7.31. The molecule has 0 saturated carbocycles. The average molecular weight is 528 g/mol. The third-order valence-electron chi connectivity index (χ3n) is 6.94. The van der Waals surface area contributed by atoms with Gasteiger partial charge in [-0.25, -0.2) is 0 Å². The Hall–Kier alpha value is -1.74. The van der Waals surface area contributed by atoms with E-state index in [1.165, 1.54) is 22.3 Å². The van der Waals surface area contributed by atoms with Gasteiger partial charge in [-0.05, 0) is 64.3 Å². The number of unbranched alkanes of at least 4 members (excludes halogenated alkanes) is 1. The van der Waals surface area contributed by atoms with Crippen molar-refractivity contribution in [1.82, 2.24) is 0 Å². The second-order valence-corrected chi connectivity index (χ2v) is 15.6. The van der Waals surface area contributed by atoms with E-state index >= 15 is 0 Å². The van der Waals surface area contributed by atoms with Crippen molar-refractivity contribution in [3.8, 4) is 0 Å². The zero-order valence-electron chi connectivity index (χ0n) is 25.4. The summed E-state index contributed by atoms with van der Waals surface area (Å²) in [6.45, 7) is 28.4. The second kappa shape index (κ2) is 10.4. The van der Waals surface area contributed by atoms with Crippen molar-refractivity contribution < 1.29 is 12.9 Å². The second-order valence-electron chi connectivity index (χ2n) is 14.5. The molecule has 0 unspecified atom stereocenters. The molecular weight excluding hydrogens is 477 g/mol. The molecule has 2 N–H and O–H groups in total. The first kappa shape index (κ1) is 29.8. The van der Waals surface area contributed by atoms with Crippen LogP contribution in [-0.2, 0) is 21.7 Å². The predicted octanol–water partition coefficient (Wildman–Crippen LogP) is 9.65. The molecule has 1 heterocycles. The van der Waals surface area contributed by atoms with Gasteiger partial charge in [-0.1, -0.05) is 95.2 Å². The largest absolute Gasteiger partial charge is 0.399 e. The highest BCUT2D eigenvalue weighted by Crippen LogP contribution is 2.45. The fraction of sp³-hybridized carbons (Fsp3) is 0.625. The standard InChI is InChI=1S/C32H50NO3P/c1-29(2,3)21-17-23-24-18-22(30(4,5)6)20-26(32(10,11)12)28(24)36-37(34-16-14-13-15-33)35-27(23)25(19-21)31(7,8)9/h17-20H,13-16,33H2,1-12H3. The SMILES string of the molecule is CC(C)(C)c1cc(C(C)(C)C)c2op(OCCCCN)oc3c(C(C)(C)C)cc(C(C)(C)C)cc3c2c1. The van der Waals surface area contributed by atoms with Gasteiger partial charge in [0.25, 0.3) is 0 Å². The van der Waals surface area contributed by atoms with E-state index in [0.717, 1.165) is 34.8 Å². The Balaban J connectivity index is 2.62. The van der Waals surface area contributed by atoms with Crippen LogP contribution in [0.15, 0.2) is 32.7 Å². The van der Waals surface area contributed by atoms with Crippen molar-refractivity contribution in [3.05, 3.63) is 46.5 Å². The molecule has 5 heteroatoms. The molecule has 206 valence electrons. The van der Waals surface area contributed by atoms with E-state index < -0.39 is 8.24 Å². The zero-order chi connectivity index (χ0) is 28.0. The molecule has 2 aromatic carbocycles. The van der Waals surface area contributed by atoms with Gasteiger partial charge in [0.2, 0.25) is 0 Å². The lowest BCUT2D eigenvalue weighted by Gasteiger charge is -2.27. The topological polar surface area (TPSA) is 61.5 Å². The van der Waals surface area contributed by atoms with Gasteiger partial charge < -0.3 is 14.1 Å². The van der Waals surface area contributed by atoms with E-state index in [4.69, 9.17) is 18.7 Å². The lowest BCUT2D eigenvalue weighted by atomic mass is 9.77. The van der Waals surface area contributed by atoms with E-state index in [2.05, 4.69) is 107 Å². The molecule has 0 spiro atoms. The van der Waals surface area contributed by atoms with Gasteiger partial charge in [0.05, 0.1) is 6.61 Å². The van der Waals surface area contributed by atoms with E-state index in [1.54, 1.807) is 0 Å². The van der Waals surface area contributed by atoms with Crippen molar-refractivity contribution in [3.63, 3.8) is 0 Å². The molecule has 0 aliphatic heterocycles. The molecule has 0 aliphatic rings. The minimum atomic E-state index is -1.63. The molecule has 3 rings (SSSR count). The van der Waals surface area contributed by atoms with Gasteiger partial charge >= 0.3 is 8.24 Å². The summed E-state index contributed by atoms with van der Waals surface area (Å²) in [5, 5.41) is 2.19. The number of fused-ring (bicyclic) bond motifs is 3. The summed E-state index contributed by atoms with van der Waals surface area (Å²) < 4.78 is 19.7. The first-order valence-electron chi connectivity index (χ1n) is 13.7. The van der Waals surface area contributed by atoms with Crippen LogP contribution in [0.3, 0.4) is 0 Å². The molecule has 0 atom stereocenters. The maximum absolute atomic E-state index is 6.73. The average Bonchev–Trinajstić information content (AvgIpc) is 2.89. The van der Waals surface area contributed by atoms with Gasteiger partial charge in [-0.15, -0.1) is 0 Å². The van der Waals surface area contributed by atoms with Crippen molar-refractivity contribution in [1.29, 1.82) is 0 Å². The van der Waals surface area contributed by atoms with E-state index in [1.807, 2.05) is 0 Å². The molecular formula is C32H50NO3P. The van der Waals surface area contributed by atoms with Gasteiger partial charge in [0, 0.05) is 21.9 Å². The molecule has 0 aliphatic carbocycles. The number of hydrogen-bond acceptors (Lipinski definition) is 4. The van der Waals surface area contributed by atoms with Gasteiger partial charge in [0.1, 0.15) is 11.2 Å². The Morgan fingerprint density at radius 1 is 0.622 bits per heavy atom. The number of rotatable bonds is 5. The minimum absolute atomic E-state index is 0.0136. The van der Waals surface area contributed by atoms with Crippen LogP contribution >= 0.6 is 8.24 Å². The third-order valence-corrected chi connectivity index (χ3v) is 8.00. The van der Waals surface area contributed by atoms with Crippen molar-refractivity contribution in [2.24, 2.45) is 5.73 Å². The first-order valence-corrected chi connectivity index (χ1v) is 14.8. The van der Waals surface area contributed by atoms with Crippen molar-refractivity contribution in [2.75, 3.05) is 13.2 Å². The summed E-state index contributed by atoms with van der Waals surface area (Å²) in [5.74, 6) is 0. The smallest absolute Gasteiger partial charge is 0.387 e. The fourth-order valence-corrected chi connectivity index (χ4v) is 5.55. The quantitative estimate of drug-likeness (QED) is 0.336. The predicted molar refractivity (Wildman–Crippen MR) is 161 cm³/mol. The summed E-state index contributed by atoms with van der Waals surface area (Å²) in [6, 6.07) is 9.28. The first-order chi connectivity index (χ1) is 16.8. The van der Waals surface area contributed by atoms with Gasteiger partial charge in [-0.3, -0.25) is 4.52 Å². The maximum Gasteiger partial charge on any atom is 0.387 e. The fourth-order valence-electron chi connectivity index (χ4n) is 4.44. The van der Waals surface area contributed by atoms with Gasteiger partial charge in [0.15, 0.2) is 0 Å². The lowest BCUT2D eigenvalue weighted by Crippen LogP contribution is -2.17. The van der Waals surface area contributed by atoms with Crippen LogP contribution in [0.5, 0.6) is 0 Å². The zero-order valence-corrected chi connectivity index (χ0v) is 26.3. The molecule has 4 nitrogen and oxygen atoms in total. The van der Waals surface area contributed by atoms with E-state index in [-0.39, 0.29) is 21.7 Å². The Labute approximate surface area is 226 Å². The van der Waals surface area contributed by atoms with Crippen LogP contribution < -0.4 is 10.3 Å². The molecule has 0 radical (unpaired) electrons. The Kier molecular flexibility index (Phi) is 8.41. The minimum Gasteiger partial charge on any atom is -0.399 e. The normalized spacial score (nSPS) is 13.5. The van der Waals surface area contributed by atoms with E-state index in [9.17, 15) is 0 Å². The van der Waals surface area contributed by atoms with Crippen molar-refractivity contribution in [2.45, 2.75) is 118 Å². The molecule has 3 aromatic rings. The highest BCUT2D eigenvalue weighted by Gasteiger charge is 2.28. The number of benzene rings is 2. The molecule has 37 heavy (non-hydrogen) atoms. The summed E-state index contributed by atoms with van der Waals surface area (Å²) >= 11 is 0. The Morgan fingerprint density at radius 3 is 1.35 bits per heavy atom. The van der Waals surface area contributed by atoms with Crippen molar-refractivity contribution >= 4 is 30.2 Å². The summed E-state index contributed by atoms with van der Waals surface area (Å²) in [5.41, 5.74) is 12.2. The maximum atomic E-state index is 6.73. The molecule has 0 amide bonds. The lowest BCUT2D eigenvalue weighted by molar-refractivity contribution is 0.360. The summed E-state index contributed by atoms with van der Waals surface area (Å²) in [6.07, 6.45) is 1.80. The number of nitrogens with two attached hydrogens (primary N) is 1. The Bertz CT molecular complexity index is 1200. The van der Waals surface area contributed by atoms with Crippen LogP contribution in [0.25, 0.3) is 21.9 Å². The summed E-state index contributed by atoms with van der Waals surface area (Å²) in [7, 11) is -1.63. The van der Waals surface area contributed by atoms with Crippen LogP contribution in [0.2, 0.25) is 0 Å².